The van der Waals surface area contributed by atoms with E-state index < -0.39 is 6.10 Å². The molecule has 69 heavy (non-hydrogen) atoms. The fourth-order valence-electron chi connectivity index (χ4n) is 7.84. The van der Waals surface area contributed by atoms with E-state index in [9.17, 15) is 14.4 Å². The van der Waals surface area contributed by atoms with Crippen LogP contribution in [0.25, 0.3) is 0 Å². The van der Waals surface area contributed by atoms with Crippen LogP contribution in [-0.4, -0.2) is 37.2 Å². The molecular formula is C63H106O6. The minimum Gasteiger partial charge on any atom is -0.462 e. The Labute approximate surface area is 426 Å². The second-order valence-corrected chi connectivity index (χ2v) is 18.8. The molecule has 0 saturated carbocycles. The zero-order valence-electron chi connectivity index (χ0n) is 45.0. The summed E-state index contributed by atoms with van der Waals surface area (Å²) < 4.78 is 16.8. The van der Waals surface area contributed by atoms with Crippen molar-refractivity contribution in [2.45, 2.75) is 271 Å². The summed E-state index contributed by atoms with van der Waals surface area (Å²) >= 11 is 0. The van der Waals surface area contributed by atoms with Crippen LogP contribution in [0, 0.1) is 0 Å². The molecule has 6 nitrogen and oxygen atoms in total. The van der Waals surface area contributed by atoms with Crippen molar-refractivity contribution in [3.8, 4) is 0 Å². The summed E-state index contributed by atoms with van der Waals surface area (Å²) in [5, 5.41) is 0. The van der Waals surface area contributed by atoms with E-state index in [-0.39, 0.29) is 31.1 Å². The number of allylic oxidation sites excluding steroid dienone is 16. The van der Waals surface area contributed by atoms with E-state index in [4.69, 9.17) is 14.2 Å². The van der Waals surface area contributed by atoms with Gasteiger partial charge >= 0.3 is 17.9 Å². The quantitative estimate of drug-likeness (QED) is 0.0262. The molecule has 0 bridgehead atoms. The van der Waals surface area contributed by atoms with Crippen molar-refractivity contribution >= 4 is 17.9 Å². The molecule has 0 heterocycles. The first-order valence-corrected chi connectivity index (χ1v) is 28.7. The summed E-state index contributed by atoms with van der Waals surface area (Å²) in [6, 6.07) is 0. The van der Waals surface area contributed by atoms with Crippen molar-refractivity contribution in [3.63, 3.8) is 0 Å². The molecule has 0 aromatic rings. The molecule has 0 aromatic carbocycles. The number of carbonyl (C=O) groups is 3. The number of hydrogen-bond donors (Lipinski definition) is 0. The molecule has 0 aliphatic heterocycles. The maximum atomic E-state index is 12.8. The van der Waals surface area contributed by atoms with E-state index >= 15 is 0 Å². The number of carbonyl (C=O) groups excluding carboxylic acids is 3. The molecule has 0 spiro atoms. The third kappa shape index (κ3) is 55.1. The zero-order valence-corrected chi connectivity index (χ0v) is 45.0. The summed E-state index contributed by atoms with van der Waals surface area (Å²) in [6.07, 6.45) is 75.6. The number of hydrogen-bond acceptors (Lipinski definition) is 6. The minimum absolute atomic E-state index is 0.0814. The number of rotatable bonds is 51. The van der Waals surface area contributed by atoms with E-state index in [1.54, 1.807) is 0 Å². The first-order valence-electron chi connectivity index (χ1n) is 28.7. The standard InChI is InChI=1S/C63H106O6/c1-4-7-10-13-16-18-20-22-24-26-28-30-31-33-34-36-38-40-42-44-47-50-53-56-62(65)68-59-60(58-67-61(64)55-52-49-46-15-12-9-6-3)69-63(66)57-54-51-48-45-43-41-39-37-35-32-29-27-25-23-21-19-17-14-11-8-5-2/h7-8,10-11,16-19,22-25,28-30,32,60H,4-6,9,12-15,20-21,26-27,31,33-59H2,1-3H3/b10-7-,11-8-,18-16-,19-17-,24-22-,25-23-,30-28-,32-29-. The second kappa shape index (κ2) is 56.9. The van der Waals surface area contributed by atoms with E-state index in [2.05, 4.69) is 118 Å². The zero-order chi connectivity index (χ0) is 50.0. The van der Waals surface area contributed by atoms with Gasteiger partial charge in [0.15, 0.2) is 6.10 Å². The lowest BCUT2D eigenvalue weighted by Gasteiger charge is -2.18. The van der Waals surface area contributed by atoms with Crippen molar-refractivity contribution in [3.05, 3.63) is 97.2 Å². The fourth-order valence-corrected chi connectivity index (χ4v) is 7.84. The maximum Gasteiger partial charge on any atom is 0.306 e. The lowest BCUT2D eigenvalue weighted by atomic mass is 10.1. The molecule has 394 valence electrons. The summed E-state index contributed by atoms with van der Waals surface area (Å²) in [6.45, 7) is 6.37. The van der Waals surface area contributed by atoms with Crippen LogP contribution in [-0.2, 0) is 28.6 Å². The van der Waals surface area contributed by atoms with Crippen LogP contribution >= 0.6 is 0 Å². The second-order valence-electron chi connectivity index (χ2n) is 18.8. The predicted octanol–water partition coefficient (Wildman–Crippen LogP) is 19.3. The van der Waals surface area contributed by atoms with Crippen molar-refractivity contribution in [1.82, 2.24) is 0 Å². The van der Waals surface area contributed by atoms with Gasteiger partial charge < -0.3 is 14.2 Å². The third-order valence-corrected chi connectivity index (χ3v) is 12.1. The highest BCUT2D eigenvalue weighted by molar-refractivity contribution is 5.71. The van der Waals surface area contributed by atoms with Gasteiger partial charge in [0, 0.05) is 19.3 Å². The number of ether oxygens (including phenoxy) is 3. The molecule has 0 rings (SSSR count). The Morgan fingerprint density at radius 3 is 0.884 bits per heavy atom. The Morgan fingerprint density at radius 1 is 0.304 bits per heavy atom. The van der Waals surface area contributed by atoms with Gasteiger partial charge in [-0.25, -0.2) is 0 Å². The Bertz CT molecular complexity index is 1380. The molecule has 0 N–H and O–H groups in total. The largest absolute Gasteiger partial charge is 0.462 e. The van der Waals surface area contributed by atoms with Gasteiger partial charge in [-0.2, -0.15) is 0 Å². The van der Waals surface area contributed by atoms with Crippen molar-refractivity contribution < 1.29 is 28.6 Å². The Kier molecular flexibility index (Phi) is 53.9. The highest BCUT2D eigenvalue weighted by Gasteiger charge is 2.19. The van der Waals surface area contributed by atoms with Crippen molar-refractivity contribution in [2.24, 2.45) is 0 Å². The lowest BCUT2D eigenvalue weighted by Crippen LogP contribution is -2.30. The van der Waals surface area contributed by atoms with Gasteiger partial charge in [0.25, 0.3) is 0 Å². The van der Waals surface area contributed by atoms with Crippen LogP contribution in [0.5, 0.6) is 0 Å². The molecule has 0 amide bonds. The van der Waals surface area contributed by atoms with Crippen LogP contribution in [0.4, 0.5) is 0 Å². The Balaban J connectivity index is 4.22. The van der Waals surface area contributed by atoms with Gasteiger partial charge in [0.05, 0.1) is 0 Å². The van der Waals surface area contributed by atoms with Crippen LogP contribution in [0.1, 0.15) is 265 Å². The summed E-state index contributed by atoms with van der Waals surface area (Å²) in [5.41, 5.74) is 0. The van der Waals surface area contributed by atoms with Gasteiger partial charge in [0.2, 0.25) is 0 Å². The highest BCUT2D eigenvalue weighted by Crippen LogP contribution is 2.15. The van der Waals surface area contributed by atoms with Crippen LogP contribution in [0.15, 0.2) is 97.2 Å². The monoisotopic (exact) mass is 959 g/mol. The molecular weight excluding hydrogens is 853 g/mol. The SMILES string of the molecule is CC/C=C\C/C=C\C/C=C\C/C=C\CCCCCCCCCCCCC(=O)OCC(COC(=O)CCCCCCCCC)OC(=O)CCCCCCCCCC/C=C\C/C=C\C/C=C\C/C=C\CC. The molecule has 1 atom stereocenters. The molecule has 0 aliphatic carbocycles. The molecule has 1 unspecified atom stereocenters. The molecule has 0 aromatic heterocycles. The first kappa shape index (κ1) is 65.3. The number of unbranched alkanes of at least 4 members (excludes halogenated alkanes) is 24. The normalized spacial score (nSPS) is 12.8. The first-order chi connectivity index (χ1) is 34.0. The topological polar surface area (TPSA) is 78.9 Å². The van der Waals surface area contributed by atoms with Gasteiger partial charge in [-0.1, -0.05) is 246 Å². The highest BCUT2D eigenvalue weighted by atomic mass is 16.6. The minimum atomic E-state index is -0.782. The van der Waals surface area contributed by atoms with E-state index in [1.165, 1.54) is 109 Å². The van der Waals surface area contributed by atoms with Gasteiger partial charge in [0.1, 0.15) is 13.2 Å². The number of esters is 3. The predicted molar refractivity (Wildman–Crippen MR) is 297 cm³/mol. The van der Waals surface area contributed by atoms with Gasteiger partial charge in [-0.3, -0.25) is 14.4 Å². The van der Waals surface area contributed by atoms with Crippen molar-refractivity contribution in [1.29, 1.82) is 0 Å². The maximum absolute atomic E-state index is 12.8. The average molecular weight is 960 g/mol. The van der Waals surface area contributed by atoms with Crippen LogP contribution in [0.2, 0.25) is 0 Å². The van der Waals surface area contributed by atoms with E-state index in [0.29, 0.717) is 19.3 Å². The fraction of sp³-hybridized carbons (Fsp3) is 0.698. The van der Waals surface area contributed by atoms with E-state index in [0.717, 1.165) is 116 Å². The summed E-state index contributed by atoms with van der Waals surface area (Å²) in [5.74, 6) is -0.897. The Hall–Kier alpha value is -3.67. The third-order valence-electron chi connectivity index (χ3n) is 12.1. The molecule has 6 heteroatoms. The van der Waals surface area contributed by atoms with Gasteiger partial charge in [-0.05, 0) is 96.3 Å². The van der Waals surface area contributed by atoms with Gasteiger partial charge in [-0.15, -0.1) is 0 Å². The summed E-state index contributed by atoms with van der Waals surface area (Å²) in [7, 11) is 0. The summed E-state index contributed by atoms with van der Waals surface area (Å²) in [4.78, 5) is 38.0. The lowest BCUT2D eigenvalue weighted by molar-refractivity contribution is -0.167. The van der Waals surface area contributed by atoms with Crippen LogP contribution in [0.3, 0.4) is 0 Å². The Morgan fingerprint density at radius 2 is 0.565 bits per heavy atom. The molecule has 0 saturated heterocycles. The van der Waals surface area contributed by atoms with Crippen molar-refractivity contribution in [2.75, 3.05) is 13.2 Å². The smallest absolute Gasteiger partial charge is 0.306 e. The van der Waals surface area contributed by atoms with Crippen LogP contribution < -0.4 is 0 Å². The average Bonchev–Trinajstić information content (AvgIpc) is 3.35. The van der Waals surface area contributed by atoms with E-state index in [1.807, 2.05) is 0 Å². The molecule has 0 fully saturated rings. The molecule has 0 aliphatic rings. The molecule has 0 radical (unpaired) electrons.